The van der Waals surface area contributed by atoms with Gasteiger partial charge in [0.1, 0.15) is 5.60 Å². The lowest BCUT2D eigenvalue weighted by molar-refractivity contribution is 0.00356. The predicted octanol–water partition coefficient (Wildman–Crippen LogP) is 3.37. The van der Waals surface area contributed by atoms with Crippen LogP contribution in [0.1, 0.15) is 20.8 Å². The molecular formula is C15H18BrN3O2. The zero-order valence-corrected chi connectivity index (χ0v) is 13.9. The fraction of sp³-hybridized carbons (Fsp3) is 0.467. The Balaban J connectivity index is 1.96. The van der Waals surface area contributed by atoms with Gasteiger partial charge in [-0.25, -0.2) is 4.79 Å². The Morgan fingerprint density at radius 1 is 1.38 bits per heavy atom. The lowest BCUT2D eigenvalue weighted by Gasteiger charge is -2.46. The minimum atomic E-state index is -0.745. The van der Waals surface area contributed by atoms with E-state index in [1.165, 1.54) is 4.90 Å². The first-order valence-electron chi connectivity index (χ1n) is 6.66. The van der Waals surface area contributed by atoms with E-state index in [4.69, 9.17) is 4.74 Å². The summed E-state index contributed by atoms with van der Waals surface area (Å²) in [7, 11) is 0. The van der Waals surface area contributed by atoms with Crippen molar-refractivity contribution in [3.8, 4) is 6.07 Å². The summed E-state index contributed by atoms with van der Waals surface area (Å²) in [6.45, 7) is 6.09. The summed E-state index contributed by atoms with van der Waals surface area (Å²) in [5.74, 6) is 0. The maximum absolute atomic E-state index is 11.9. The Hall–Kier alpha value is -1.74. The molecule has 1 aromatic carbocycles. The Labute approximate surface area is 133 Å². The first-order valence-corrected chi connectivity index (χ1v) is 7.45. The molecule has 2 rings (SSSR count). The van der Waals surface area contributed by atoms with Crippen molar-refractivity contribution in [3.63, 3.8) is 0 Å². The second kappa shape index (κ2) is 5.57. The van der Waals surface area contributed by atoms with Gasteiger partial charge in [-0.2, -0.15) is 5.26 Å². The standard InChI is InChI=1S/C15H18BrN3O2/c1-14(2,3)21-13(20)19-9-15(8-17,10-19)18-12-6-4-11(16)5-7-12/h4-7,18H,9-10H2,1-3H3. The van der Waals surface area contributed by atoms with Crippen molar-refractivity contribution < 1.29 is 9.53 Å². The van der Waals surface area contributed by atoms with E-state index in [9.17, 15) is 10.1 Å². The third-order valence-corrected chi connectivity index (χ3v) is 3.54. The maximum atomic E-state index is 11.9. The zero-order chi connectivity index (χ0) is 15.7. The van der Waals surface area contributed by atoms with E-state index in [2.05, 4.69) is 27.3 Å². The van der Waals surface area contributed by atoms with Crippen LogP contribution in [0.15, 0.2) is 28.7 Å². The summed E-state index contributed by atoms with van der Waals surface area (Å²) in [6, 6.07) is 9.83. The number of hydrogen-bond acceptors (Lipinski definition) is 4. The SMILES string of the molecule is CC(C)(C)OC(=O)N1CC(C#N)(Nc2ccc(Br)cc2)C1. The summed E-state index contributed by atoms with van der Waals surface area (Å²) in [6.07, 6.45) is -0.383. The molecule has 1 heterocycles. The third kappa shape index (κ3) is 3.88. The van der Waals surface area contributed by atoms with Crippen LogP contribution in [-0.2, 0) is 4.74 Å². The van der Waals surface area contributed by atoms with Gasteiger partial charge in [0.2, 0.25) is 0 Å². The molecule has 1 amide bonds. The molecule has 0 unspecified atom stereocenters. The molecule has 21 heavy (non-hydrogen) atoms. The minimum absolute atomic E-state index is 0.314. The molecule has 0 saturated carbocycles. The highest BCUT2D eigenvalue weighted by Gasteiger charge is 2.47. The van der Waals surface area contributed by atoms with Crippen LogP contribution in [0, 0.1) is 11.3 Å². The van der Waals surface area contributed by atoms with Crippen molar-refractivity contribution in [3.05, 3.63) is 28.7 Å². The summed E-state index contributed by atoms with van der Waals surface area (Å²) in [4.78, 5) is 13.4. The van der Waals surface area contributed by atoms with Gasteiger partial charge in [-0.15, -0.1) is 0 Å². The molecule has 0 aromatic heterocycles. The van der Waals surface area contributed by atoms with Crippen LogP contribution in [0.25, 0.3) is 0 Å². The highest BCUT2D eigenvalue weighted by molar-refractivity contribution is 9.10. The van der Waals surface area contributed by atoms with Gasteiger partial charge in [0.25, 0.3) is 0 Å². The first-order chi connectivity index (χ1) is 9.73. The Morgan fingerprint density at radius 2 is 1.95 bits per heavy atom. The number of carbonyl (C=O) groups excluding carboxylic acids is 1. The largest absolute Gasteiger partial charge is 0.444 e. The fourth-order valence-electron chi connectivity index (χ4n) is 2.05. The molecule has 0 spiro atoms. The molecule has 112 valence electrons. The Kier molecular flexibility index (Phi) is 4.15. The van der Waals surface area contributed by atoms with E-state index in [-0.39, 0.29) is 6.09 Å². The summed E-state index contributed by atoms with van der Waals surface area (Å²) >= 11 is 3.37. The summed E-state index contributed by atoms with van der Waals surface area (Å²) in [5.41, 5.74) is -0.421. The highest BCUT2D eigenvalue weighted by atomic mass is 79.9. The van der Waals surface area contributed by atoms with Crippen LogP contribution < -0.4 is 5.32 Å². The number of halogens is 1. The maximum Gasteiger partial charge on any atom is 0.410 e. The molecule has 0 atom stereocenters. The highest BCUT2D eigenvalue weighted by Crippen LogP contribution is 2.27. The van der Waals surface area contributed by atoms with Crippen molar-refractivity contribution >= 4 is 27.7 Å². The number of nitrogens with zero attached hydrogens (tertiary/aromatic N) is 2. The van der Waals surface area contributed by atoms with E-state index < -0.39 is 11.1 Å². The van der Waals surface area contributed by atoms with Gasteiger partial charge in [0, 0.05) is 10.2 Å². The molecule has 0 radical (unpaired) electrons. The average Bonchev–Trinajstić information content (AvgIpc) is 2.33. The molecule has 6 heteroatoms. The van der Waals surface area contributed by atoms with Crippen molar-refractivity contribution in [2.75, 3.05) is 18.4 Å². The van der Waals surface area contributed by atoms with Gasteiger partial charge in [-0.1, -0.05) is 15.9 Å². The van der Waals surface area contributed by atoms with Crippen LogP contribution in [0.5, 0.6) is 0 Å². The number of nitrogens with one attached hydrogen (secondary N) is 1. The molecule has 1 fully saturated rings. The minimum Gasteiger partial charge on any atom is -0.444 e. The van der Waals surface area contributed by atoms with E-state index in [1.54, 1.807) is 0 Å². The van der Waals surface area contributed by atoms with Crippen LogP contribution >= 0.6 is 15.9 Å². The third-order valence-electron chi connectivity index (χ3n) is 3.02. The number of rotatable bonds is 2. The smallest absolute Gasteiger partial charge is 0.410 e. The number of benzene rings is 1. The van der Waals surface area contributed by atoms with Gasteiger partial charge < -0.3 is 15.0 Å². The van der Waals surface area contributed by atoms with E-state index in [0.29, 0.717) is 13.1 Å². The molecule has 1 aliphatic heterocycles. The lowest BCUT2D eigenvalue weighted by Crippen LogP contribution is -2.67. The van der Waals surface area contributed by atoms with Crippen molar-refractivity contribution in [2.45, 2.75) is 31.9 Å². The van der Waals surface area contributed by atoms with Crippen LogP contribution in [-0.4, -0.2) is 35.2 Å². The Morgan fingerprint density at radius 3 is 2.43 bits per heavy atom. The number of anilines is 1. The van der Waals surface area contributed by atoms with E-state index in [1.807, 2.05) is 45.0 Å². The summed E-state index contributed by atoms with van der Waals surface area (Å²) in [5, 5.41) is 12.6. The zero-order valence-electron chi connectivity index (χ0n) is 12.3. The number of nitriles is 1. The predicted molar refractivity (Wildman–Crippen MR) is 83.9 cm³/mol. The number of likely N-dealkylation sites (tertiary alicyclic amines) is 1. The number of hydrogen-bond donors (Lipinski definition) is 1. The molecule has 0 aliphatic carbocycles. The van der Waals surface area contributed by atoms with Gasteiger partial charge in [0.15, 0.2) is 5.54 Å². The fourth-order valence-corrected chi connectivity index (χ4v) is 2.31. The second-order valence-electron chi connectivity index (χ2n) is 6.16. The average molecular weight is 352 g/mol. The Bertz CT molecular complexity index is 566. The van der Waals surface area contributed by atoms with Crippen LogP contribution in [0.4, 0.5) is 10.5 Å². The number of amides is 1. The summed E-state index contributed by atoms with van der Waals surface area (Å²) < 4.78 is 6.26. The molecule has 5 nitrogen and oxygen atoms in total. The monoisotopic (exact) mass is 351 g/mol. The van der Waals surface area contributed by atoms with Crippen molar-refractivity contribution in [2.24, 2.45) is 0 Å². The molecule has 1 N–H and O–H groups in total. The van der Waals surface area contributed by atoms with Gasteiger partial charge in [-0.3, -0.25) is 0 Å². The quantitative estimate of drug-likeness (QED) is 0.886. The van der Waals surface area contributed by atoms with E-state index in [0.717, 1.165) is 10.2 Å². The molecule has 1 aliphatic rings. The van der Waals surface area contributed by atoms with Gasteiger partial charge in [0.05, 0.1) is 19.2 Å². The lowest BCUT2D eigenvalue weighted by atomic mass is 9.91. The molecule has 0 bridgehead atoms. The molecule has 1 saturated heterocycles. The van der Waals surface area contributed by atoms with E-state index >= 15 is 0 Å². The molecule has 1 aromatic rings. The van der Waals surface area contributed by atoms with Crippen molar-refractivity contribution in [1.82, 2.24) is 4.90 Å². The number of carbonyl (C=O) groups is 1. The van der Waals surface area contributed by atoms with Crippen LogP contribution in [0.2, 0.25) is 0 Å². The van der Waals surface area contributed by atoms with Crippen molar-refractivity contribution in [1.29, 1.82) is 5.26 Å². The van der Waals surface area contributed by atoms with Crippen LogP contribution in [0.3, 0.4) is 0 Å². The van der Waals surface area contributed by atoms with Gasteiger partial charge >= 0.3 is 6.09 Å². The number of ether oxygens (including phenoxy) is 1. The molecular weight excluding hydrogens is 334 g/mol. The second-order valence-corrected chi connectivity index (χ2v) is 7.08. The topological polar surface area (TPSA) is 65.4 Å². The van der Waals surface area contributed by atoms with Gasteiger partial charge in [-0.05, 0) is 45.0 Å². The first kappa shape index (κ1) is 15.6. The normalized spacial score (nSPS) is 16.6.